The van der Waals surface area contributed by atoms with Crippen molar-refractivity contribution in [2.45, 2.75) is 19.5 Å². The van der Waals surface area contributed by atoms with Crippen molar-refractivity contribution < 1.29 is 4.74 Å². The maximum Gasteiger partial charge on any atom is 0.125 e. The topological polar surface area (TPSA) is 38.5 Å². The van der Waals surface area contributed by atoms with Crippen LogP contribution in [-0.4, -0.2) is 14.2 Å². The van der Waals surface area contributed by atoms with Crippen LogP contribution < -0.4 is 15.4 Å². The van der Waals surface area contributed by atoms with E-state index in [4.69, 9.17) is 22.1 Å². The lowest BCUT2D eigenvalue weighted by Crippen LogP contribution is -2.20. The fourth-order valence-electron chi connectivity index (χ4n) is 2.26. The smallest absolute Gasteiger partial charge is 0.125 e. The molecular formula is C15H19ClN2OS. The molecule has 1 aromatic heterocycles. The van der Waals surface area contributed by atoms with Crippen LogP contribution in [0.4, 0.5) is 5.69 Å². The number of rotatable bonds is 5. The molecule has 2 aromatic rings. The van der Waals surface area contributed by atoms with E-state index in [1.165, 1.54) is 4.88 Å². The van der Waals surface area contributed by atoms with Gasteiger partial charge in [0.1, 0.15) is 5.75 Å². The Morgan fingerprint density at radius 3 is 2.65 bits per heavy atom. The largest absolute Gasteiger partial charge is 0.496 e. The van der Waals surface area contributed by atoms with E-state index in [2.05, 4.69) is 17.0 Å². The fourth-order valence-corrected chi connectivity index (χ4v) is 3.40. The lowest BCUT2D eigenvalue weighted by Gasteiger charge is -2.25. The van der Waals surface area contributed by atoms with Gasteiger partial charge in [-0.25, -0.2) is 0 Å². The van der Waals surface area contributed by atoms with Gasteiger partial charge in [-0.15, -0.1) is 11.3 Å². The lowest BCUT2D eigenvalue weighted by molar-refractivity contribution is 0.407. The van der Waals surface area contributed by atoms with Crippen LogP contribution in [-0.2, 0) is 6.54 Å². The molecule has 108 valence electrons. The summed E-state index contributed by atoms with van der Waals surface area (Å²) < 4.78 is 6.24. The van der Waals surface area contributed by atoms with E-state index < -0.39 is 0 Å². The first-order chi connectivity index (χ1) is 9.52. The van der Waals surface area contributed by atoms with Crippen LogP contribution in [0.1, 0.15) is 23.4 Å². The van der Waals surface area contributed by atoms with E-state index in [0.29, 0.717) is 0 Å². The minimum Gasteiger partial charge on any atom is -0.496 e. The Morgan fingerprint density at radius 1 is 1.35 bits per heavy atom. The first kappa shape index (κ1) is 15.2. The molecule has 0 saturated heterocycles. The van der Waals surface area contributed by atoms with Gasteiger partial charge >= 0.3 is 0 Å². The summed E-state index contributed by atoms with van der Waals surface area (Å²) in [4.78, 5) is 3.39. The highest BCUT2D eigenvalue weighted by molar-refractivity contribution is 7.16. The Kier molecular flexibility index (Phi) is 4.91. The van der Waals surface area contributed by atoms with Gasteiger partial charge in [-0.3, -0.25) is 0 Å². The fraction of sp³-hybridized carbons (Fsp3) is 0.333. The van der Waals surface area contributed by atoms with Gasteiger partial charge in [0.05, 0.1) is 18.0 Å². The second-order valence-electron chi connectivity index (χ2n) is 4.74. The molecule has 3 nitrogen and oxygen atoms in total. The number of hydrogen-bond acceptors (Lipinski definition) is 4. The molecule has 1 heterocycles. The molecule has 0 aliphatic carbocycles. The second kappa shape index (κ2) is 6.48. The van der Waals surface area contributed by atoms with Gasteiger partial charge in [0.15, 0.2) is 0 Å². The summed E-state index contributed by atoms with van der Waals surface area (Å²) in [7, 11) is 3.72. The summed E-state index contributed by atoms with van der Waals surface area (Å²) >= 11 is 7.58. The summed E-state index contributed by atoms with van der Waals surface area (Å²) in [6, 6.07) is 9.88. The van der Waals surface area contributed by atoms with Gasteiger partial charge in [0.2, 0.25) is 0 Å². The van der Waals surface area contributed by atoms with Gasteiger partial charge in [-0.2, -0.15) is 0 Å². The third-order valence-electron chi connectivity index (χ3n) is 3.15. The van der Waals surface area contributed by atoms with Crippen molar-refractivity contribution in [2.24, 2.45) is 5.73 Å². The number of benzene rings is 1. The van der Waals surface area contributed by atoms with Crippen molar-refractivity contribution in [1.82, 2.24) is 0 Å². The number of nitrogens with two attached hydrogens (primary N) is 1. The SMILES string of the molecule is COc1cccc(N(C)Cc2ccc(Cl)s2)c1C(C)N. The molecule has 2 N–H and O–H groups in total. The molecule has 0 saturated carbocycles. The molecule has 0 aliphatic rings. The van der Waals surface area contributed by atoms with Crippen molar-refractivity contribution in [3.63, 3.8) is 0 Å². The Hall–Kier alpha value is -1.23. The molecule has 0 amide bonds. The average Bonchev–Trinajstić information content (AvgIpc) is 2.82. The van der Waals surface area contributed by atoms with Crippen molar-refractivity contribution in [2.75, 3.05) is 19.1 Å². The van der Waals surface area contributed by atoms with E-state index in [1.807, 2.05) is 32.2 Å². The molecule has 0 aliphatic heterocycles. The molecule has 20 heavy (non-hydrogen) atoms. The quantitative estimate of drug-likeness (QED) is 0.905. The van der Waals surface area contributed by atoms with Gasteiger partial charge in [-0.05, 0) is 31.2 Å². The molecule has 5 heteroatoms. The molecule has 2 rings (SSSR count). The van der Waals surface area contributed by atoms with E-state index in [1.54, 1.807) is 18.4 Å². The minimum absolute atomic E-state index is 0.0875. The van der Waals surface area contributed by atoms with Gasteiger partial charge in [0, 0.05) is 29.2 Å². The minimum atomic E-state index is -0.0875. The monoisotopic (exact) mass is 310 g/mol. The Bertz CT molecular complexity index is 583. The van der Waals surface area contributed by atoms with Gasteiger partial charge in [-0.1, -0.05) is 17.7 Å². The number of anilines is 1. The molecular weight excluding hydrogens is 292 g/mol. The van der Waals surface area contributed by atoms with Crippen molar-refractivity contribution in [3.05, 3.63) is 45.1 Å². The normalized spacial score (nSPS) is 12.2. The second-order valence-corrected chi connectivity index (χ2v) is 6.54. The van der Waals surface area contributed by atoms with Crippen LogP contribution in [0.25, 0.3) is 0 Å². The predicted octanol–water partition coefficient (Wildman–Crippen LogP) is 4.07. The number of hydrogen-bond donors (Lipinski definition) is 1. The Morgan fingerprint density at radius 2 is 2.10 bits per heavy atom. The molecule has 1 unspecified atom stereocenters. The van der Waals surface area contributed by atoms with Crippen LogP contribution in [0.2, 0.25) is 4.34 Å². The molecule has 1 atom stereocenters. The molecule has 0 bridgehead atoms. The van der Waals surface area contributed by atoms with Crippen LogP contribution in [0.15, 0.2) is 30.3 Å². The summed E-state index contributed by atoms with van der Waals surface area (Å²) in [5.41, 5.74) is 8.22. The highest BCUT2D eigenvalue weighted by Crippen LogP contribution is 2.34. The zero-order valence-electron chi connectivity index (χ0n) is 11.9. The standard InChI is InChI=1S/C15H19ClN2OS/c1-10(17)15-12(5-4-6-13(15)19-3)18(2)9-11-7-8-14(16)20-11/h4-8,10H,9,17H2,1-3H3. The maximum atomic E-state index is 6.10. The highest BCUT2D eigenvalue weighted by Gasteiger charge is 2.16. The molecule has 0 radical (unpaired) electrons. The first-order valence-electron chi connectivity index (χ1n) is 6.40. The van der Waals surface area contributed by atoms with E-state index in [-0.39, 0.29) is 6.04 Å². The number of ether oxygens (including phenoxy) is 1. The molecule has 1 aromatic carbocycles. The average molecular weight is 311 g/mol. The van der Waals surface area contributed by atoms with E-state index >= 15 is 0 Å². The highest BCUT2D eigenvalue weighted by atomic mass is 35.5. The van der Waals surface area contributed by atoms with Crippen LogP contribution in [0.3, 0.4) is 0 Å². The third-order valence-corrected chi connectivity index (χ3v) is 4.37. The molecule has 0 fully saturated rings. The van der Waals surface area contributed by atoms with Crippen molar-refractivity contribution in [3.8, 4) is 5.75 Å². The first-order valence-corrected chi connectivity index (χ1v) is 7.60. The summed E-state index contributed by atoms with van der Waals surface area (Å²) in [6.07, 6.45) is 0. The van der Waals surface area contributed by atoms with Gasteiger partial charge < -0.3 is 15.4 Å². The number of halogens is 1. The lowest BCUT2D eigenvalue weighted by atomic mass is 10.0. The summed E-state index contributed by atoms with van der Waals surface area (Å²) in [6.45, 7) is 2.77. The zero-order valence-corrected chi connectivity index (χ0v) is 13.5. The van der Waals surface area contributed by atoms with Crippen LogP contribution in [0.5, 0.6) is 5.75 Å². The van der Waals surface area contributed by atoms with Crippen LogP contribution >= 0.6 is 22.9 Å². The molecule has 0 spiro atoms. The number of thiophene rings is 1. The zero-order chi connectivity index (χ0) is 14.7. The summed E-state index contributed by atoms with van der Waals surface area (Å²) in [5, 5.41) is 0. The van der Waals surface area contributed by atoms with E-state index in [0.717, 1.165) is 27.9 Å². The summed E-state index contributed by atoms with van der Waals surface area (Å²) in [5.74, 6) is 0.827. The number of nitrogens with zero attached hydrogens (tertiary/aromatic N) is 1. The third kappa shape index (κ3) is 3.26. The Balaban J connectivity index is 2.31. The predicted molar refractivity (Wildman–Crippen MR) is 87.0 cm³/mol. The van der Waals surface area contributed by atoms with Crippen molar-refractivity contribution in [1.29, 1.82) is 0 Å². The number of methoxy groups -OCH3 is 1. The van der Waals surface area contributed by atoms with E-state index in [9.17, 15) is 0 Å². The Labute approximate surface area is 128 Å². The maximum absolute atomic E-state index is 6.10. The van der Waals surface area contributed by atoms with Crippen molar-refractivity contribution >= 4 is 28.6 Å². The van der Waals surface area contributed by atoms with Crippen LogP contribution in [0, 0.1) is 0 Å². The van der Waals surface area contributed by atoms with Gasteiger partial charge in [0.25, 0.3) is 0 Å².